The minimum Gasteiger partial charge on any atom is -0.435 e. The number of ether oxygens (including phenoxy) is 1. The first-order chi connectivity index (χ1) is 11.3. The molecular weight excluding hydrogens is 350 g/mol. The van der Waals surface area contributed by atoms with Gasteiger partial charge in [0.05, 0.1) is 4.90 Å². The second kappa shape index (κ2) is 7.63. The Labute approximate surface area is 136 Å². The van der Waals surface area contributed by atoms with Crippen LogP contribution in [0.15, 0.2) is 47.4 Å². The van der Waals surface area contributed by atoms with Gasteiger partial charge in [-0.1, -0.05) is 12.1 Å². The molecule has 0 radical (unpaired) electrons. The first kappa shape index (κ1) is 18.2. The molecule has 0 aliphatic rings. The molecule has 0 aliphatic heterocycles. The lowest BCUT2D eigenvalue weighted by atomic mass is 10.1. The average molecular weight is 363 g/mol. The Morgan fingerprint density at radius 2 is 1.58 bits per heavy atom. The van der Waals surface area contributed by atoms with Gasteiger partial charge in [-0.05, 0) is 36.2 Å². The molecule has 0 aliphatic carbocycles. The third-order valence-electron chi connectivity index (χ3n) is 3.00. The molecule has 0 fully saturated rings. The van der Waals surface area contributed by atoms with Crippen molar-refractivity contribution in [3.05, 3.63) is 59.7 Å². The molecule has 9 heteroatoms. The summed E-state index contributed by atoms with van der Waals surface area (Å²) in [7, 11) is -4.05. The van der Waals surface area contributed by atoms with Gasteiger partial charge in [0.15, 0.2) is 0 Å². The van der Waals surface area contributed by atoms with E-state index < -0.39 is 33.2 Å². The standard InChI is InChI=1S/C15H13F4NO3S/c16-11-7-12(17)9-14(8-11)24(21,22)20-6-5-10-1-3-13(4-2-10)23-15(18)19/h1-4,7-9,15,20H,5-6H2. The van der Waals surface area contributed by atoms with Crippen molar-refractivity contribution in [3.8, 4) is 5.75 Å². The summed E-state index contributed by atoms with van der Waals surface area (Å²) in [6.45, 7) is -2.95. The Balaban J connectivity index is 1.95. The molecule has 1 N–H and O–H groups in total. The number of sulfonamides is 1. The van der Waals surface area contributed by atoms with Crippen molar-refractivity contribution < 1.29 is 30.7 Å². The summed E-state index contributed by atoms with van der Waals surface area (Å²) in [4.78, 5) is -0.513. The number of halogens is 4. The fraction of sp³-hybridized carbons (Fsp3) is 0.200. The Hall–Kier alpha value is -2.13. The Morgan fingerprint density at radius 1 is 1.00 bits per heavy atom. The second-order valence-electron chi connectivity index (χ2n) is 4.78. The molecule has 0 unspecified atom stereocenters. The minimum atomic E-state index is -4.05. The molecule has 2 aromatic rings. The zero-order valence-electron chi connectivity index (χ0n) is 12.2. The molecule has 130 valence electrons. The largest absolute Gasteiger partial charge is 0.435 e. The Bertz CT molecular complexity index is 775. The molecular formula is C15H13F4NO3S. The SMILES string of the molecule is O=S(=O)(NCCc1ccc(OC(F)F)cc1)c1cc(F)cc(F)c1. The maximum absolute atomic E-state index is 13.1. The van der Waals surface area contributed by atoms with Crippen LogP contribution in [0.1, 0.15) is 5.56 Å². The first-order valence-corrected chi connectivity index (χ1v) is 8.24. The Morgan fingerprint density at radius 3 is 2.12 bits per heavy atom. The maximum Gasteiger partial charge on any atom is 0.387 e. The molecule has 4 nitrogen and oxygen atoms in total. The van der Waals surface area contributed by atoms with Crippen LogP contribution in [0.25, 0.3) is 0 Å². The van der Waals surface area contributed by atoms with E-state index in [0.717, 1.165) is 0 Å². The summed E-state index contributed by atoms with van der Waals surface area (Å²) in [5.74, 6) is -2.00. The smallest absolute Gasteiger partial charge is 0.387 e. The second-order valence-corrected chi connectivity index (χ2v) is 6.54. The van der Waals surface area contributed by atoms with E-state index in [1.165, 1.54) is 24.3 Å². The van der Waals surface area contributed by atoms with Crippen LogP contribution in [0.4, 0.5) is 17.6 Å². The van der Waals surface area contributed by atoms with Crippen LogP contribution in [0.5, 0.6) is 5.75 Å². The molecule has 0 atom stereocenters. The van der Waals surface area contributed by atoms with E-state index in [2.05, 4.69) is 9.46 Å². The fourth-order valence-electron chi connectivity index (χ4n) is 1.93. The topological polar surface area (TPSA) is 55.4 Å². The van der Waals surface area contributed by atoms with Gasteiger partial charge in [0.2, 0.25) is 10.0 Å². The number of hydrogen-bond acceptors (Lipinski definition) is 3. The van der Waals surface area contributed by atoms with Gasteiger partial charge in [-0.3, -0.25) is 0 Å². The van der Waals surface area contributed by atoms with Gasteiger partial charge >= 0.3 is 6.61 Å². The minimum absolute atomic E-state index is 0.00966. The van der Waals surface area contributed by atoms with Gasteiger partial charge in [-0.25, -0.2) is 21.9 Å². The van der Waals surface area contributed by atoms with Gasteiger partial charge < -0.3 is 4.74 Å². The molecule has 2 rings (SSSR count). The molecule has 2 aromatic carbocycles. The van der Waals surface area contributed by atoms with E-state index in [4.69, 9.17) is 0 Å². The van der Waals surface area contributed by atoms with Gasteiger partial charge in [0, 0.05) is 12.6 Å². The third-order valence-corrected chi connectivity index (χ3v) is 4.44. The van der Waals surface area contributed by atoms with Gasteiger partial charge in [0.1, 0.15) is 17.4 Å². The Kier molecular flexibility index (Phi) is 5.79. The number of hydrogen-bond donors (Lipinski definition) is 1. The number of rotatable bonds is 7. The van der Waals surface area contributed by atoms with E-state index in [1.54, 1.807) is 0 Å². The fourth-order valence-corrected chi connectivity index (χ4v) is 3.01. The molecule has 0 spiro atoms. The van der Waals surface area contributed by atoms with Crippen LogP contribution in [-0.4, -0.2) is 21.6 Å². The van der Waals surface area contributed by atoms with Crippen molar-refractivity contribution in [2.45, 2.75) is 17.9 Å². The normalized spacial score (nSPS) is 11.7. The molecule has 0 amide bonds. The van der Waals surface area contributed by atoms with Gasteiger partial charge in [0.25, 0.3) is 0 Å². The summed E-state index contributed by atoms with van der Waals surface area (Å²) in [6, 6.07) is 7.67. The van der Waals surface area contributed by atoms with Crippen LogP contribution in [0, 0.1) is 11.6 Å². The first-order valence-electron chi connectivity index (χ1n) is 6.76. The highest BCUT2D eigenvalue weighted by atomic mass is 32.2. The zero-order chi connectivity index (χ0) is 17.7. The maximum atomic E-state index is 13.1. The van der Waals surface area contributed by atoms with Crippen LogP contribution < -0.4 is 9.46 Å². The van der Waals surface area contributed by atoms with Crippen molar-refractivity contribution in [2.75, 3.05) is 6.54 Å². The number of alkyl halides is 2. The molecule has 0 aromatic heterocycles. The summed E-state index contributed by atoms with van der Waals surface area (Å²) in [6.07, 6.45) is 0.256. The van der Waals surface area contributed by atoms with Gasteiger partial charge in [-0.2, -0.15) is 8.78 Å². The van der Waals surface area contributed by atoms with Crippen molar-refractivity contribution in [1.29, 1.82) is 0 Å². The van der Waals surface area contributed by atoms with Crippen LogP contribution in [0.2, 0.25) is 0 Å². The highest BCUT2D eigenvalue weighted by Gasteiger charge is 2.16. The molecule has 0 heterocycles. The van der Waals surface area contributed by atoms with E-state index in [-0.39, 0.29) is 18.7 Å². The van der Waals surface area contributed by atoms with Crippen LogP contribution >= 0.6 is 0 Å². The molecule has 0 saturated carbocycles. The summed E-state index contributed by atoms with van der Waals surface area (Å²) in [5, 5.41) is 0. The lowest BCUT2D eigenvalue weighted by Crippen LogP contribution is -2.26. The summed E-state index contributed by atoms with van der Waals surface area (Å²) >= 11 is 0. The number of benzene rings is 2. The summed E-state index contributed by atoms with van der Waals surface area (Å²) in [5.41, 5.74) is 0.671. The van der Waals surface area contributed by atoms with Gasteiger partial charge in [-0.15, -0.1) is 0 Å². The molecule has 0 saturated heterocycles. The predicted octanol–water partition coefficient (Wildman–Crippen LogP) is 3.09. The van der Waals surface area contributed by atoms with Crippen LogP contribution in [-0.2, 0) is 16.4 Å². The van der Waals surface area contributed by atoms with Crippen molar-refractivity contribution in [3.63, 3.8) is 0 Å². The highest BCUT2D eigenvalue weighted by molar-refractivity contribution is 7.89. The highest BCUT2D eigenvalue weighted by Crippen LogP contribution is 2.16. The average Bonchev–Trinajstić information content (AvgIpc) is 2.47. The number of nitrogens with one attached hydrogen (secondary N) is 1. The van der Waals surface area contributed by atoms with E-state index in [0.29, 0.717) is 23.8 Å². The van der Waals surface area contributed by atoms with Crippen molar-refractivity contribution in [1.82, 2.24) is 4.72 Å². The predicted molar refractivity (Wildman–Crippen MR) is 78.3 cm³/mol. The van der Waals surface area contributed by atoms with Crippen LogP contribution in [0.3, 0.4) is 0 Å². The monoisotopic (exact) mass is 363 g/mol. The van der Waals surface area contributed by atoms with Crippen molar-refractivity contribution >= 4 is 10.0 Å². The third kappa shape index (κ3) is 5.20. The van der Waals surface area contributed by atoms with Crippen molar-refractivity contribution in [2.24, 2.45) is 0 Å². The summed E-state index contributed by atoms with van der Waals surface area (Å²) < 4.78 is 80.5. The van der Waals surface area contributed by atoms with E-state index in [9.17, 15) is 26.0 Å². The lowest BCUT2D eigenvalue weighted by Gasteiger charge is -2.08. The molecule has 24 heavy (non-hydrogen) atoms. The zero-order valence-corrected chi connectivity index (χ0v) is 13.0. The lowest BCUT2D eigenvalue weighted by molar-refractivity contribution is -0.0498. The molecule has 0 bridgehead atoms. The quantitative estimate of drug-likeness (QED) is 0.769. The van der Waals surface area contributed by atoms with E-state index in [1.807, 2.05) is 0 Å². The van der Waals surface area contributed by atoms with E-state index >= 15 is 0 Å².